The van der Waals surface area contributed by atoms with E-state index in [1.807, 2.05) is 13.8 Å². The number of nitro groups is 1. The van der Waals surface area contributed by atoms with Crippen molar-refractivity contribution in [1.29, 1.82) is 0 Å². The molecule has 0 aliphatic rings. The zero-order chi connectivity index (χ0) is 19.8. The summed E-state index contributed by atoms with van der Waals surface area (Å²) in [7, 11) is 0. The quantitative estimate of drug-likeness (QED) is 0.433. The topological polar surface area (TPSA) is 108 Å². The third-order valence-electron chi connectivity index (χ3n) is 3.47. The average Bonchev–Trinajstić information content (AvgIpc) is 2.65. The van der Waals surface area contributed by atoms with Crippen LogP contribution in [0.2, 0.25) is 0 Å². The van der Waals surface area contributed by atoms with Gasteiger partial charge in [0.05, 0.1) is 23.2 Å². The summed E-state index contributed by atoms with van der Waals surface area (Å²) in [4.78, 5) is 33.9. The molecule has 0 aliphatic heterocycles. The molecule has 8 heteroatoms. The third kappa shape index (κ3) is 6.52. The van der Waals surface area contributed by atoms with Crippen LogP contribution >= 0.6 is 0 Å². The SMILES string of the molecule is CC(C)OCc1ccc(C(=O)OCC(=O)Nc2ccc([N+](=O)[O-])cc2)cc1. The van der Waals surface area contributed by atoms with Crippen molar-refractivity contribution >= 4 is 23.3 Å². The Balaban J connectivity index is 1.82. The fraction of sp³-hybridized carbons (Fsp3) is 0.263. The number of ether oxygens (including phenoxy) is 2. The predicted octanol–water partition coefficient (Wildman–Crippen LogP) is 3.32. The van der Waals surface area contributed by atoms with Gasteiger partial charge in [0.15, 0.2) is 6.61 Å². The van der Waals surface area contributed by atoms with Gasteiger partial charge in [-0.25, -0.2) is 4.79 Å². The van der Waals surface area contributed by atoms with E-state index in [1.54, 1.807) is 24.3 Å². The second-order valence-corrected chi connectivity index (χ2v) is 5.98. The molecule has 2 rings (SSSR count). The van der Waals surface area contributed by atoms with Crippen molar-refractivity contribution < 1.29 is 24.0 Å². The summed E-state index contributed by atoms with van der Waals surface area (Å²) in [6, 6.07) is 12.1. The number of nitrogens with one attached hydrogen (secondary N) is 1. The minimum Gasteiger partial charge on any atom is -0.452 e. The highest BCUT2D eigenvalue weighted by Gasteiger charge is 2.11. The van der Waals surface area contributed by atoms with Crippen molar-refractivity contribution in [3.05, 3.63) is 69.8 Å². The minimum absolute atomic E-state index is 0.0818. The van der Waals surface area contributed by atoms with Crippen LogP contribution in [0.5, 0.6) is 0 Å². The molecular formula is C19H20N2O6. The van der Waals surface area contributed by atoms with E-state index in [9.17, 15) is 19.7 Å². The van der Waals surface area contributed by atoms with E-state index in [4.69, 9.17) is 9.47 Å². The highest BCUT2D eigenvalue weighted by molar-refractivity contribution is 5.95. The second kappa shape index (κ2) is 9.44. The lowest BCUT2D eigenvalue weighted by atomic mass is 10.1. The average molecular weight is 372 g/mol. The van der Waals surface area contributed by atoms with Gasteiger partial charge in [0, 0.05) is 17.8 Å². The largest absolute Gasteiger partial charge is 0.452 e. The molecule has 0 saturated carbocycles. The fourth-order valence-corrected chi connectivity index (χ4v) is 2.08. The first-order valence-corrected chi connectivity index (χ1v) is 8.27. The number of nitrogens with zero attached hydrogens (tertiary/aromatic N) is 1. The summed E-state index contributed by atoms with van der Waals surface area (Å²) >= 11 is 0. The summed E-state index contributed by atoms with van der Waals surface area (Å²) in [5.41, 5.74) is 1.54. The van der Waals surface area contributed by atoms with Crippen LogP contribution < -0.4 is 5.32 Å². The van der Waals surface area contributed by atoms with Crippen molar-refractivity contribution in [1.82, 2.24) is 0 Å². The maximum atomic E-state index is 12.0. The molecule has 0 heterocycles. The van der Waals surface area contributed by atoms with Crippen molar-refractivity contribution in [2.75, 3.05) is 11.9 Å². The van der Waals surface area contributed by atoms with Crippen LogP contribution in [0.4, 0.5) is 11.4 Å². The Morgan fingerprint density at radius 3 is 2.26 bits per heavy atom. The number of hydrogen-bond donors (Lipinski definition) is 1. The smallest absolute Gasteiger partial charge is 0.338 e. The van der Waals surface area contributed by atoms with Crippen molar-refractivity contribution in [3.63, 3.8) is 0 Å². The van der Waals surface area contributed by atoms with Crippen LogP contribution in [-0.2, 0) is 20.9 Å². The highest BCUT2D eigenvalue weighted by atomic mass is 16.6. The maximum Gasteiger partial charge on any atom is 0.338 e. The maximum absolute atomic E-state index is 12.0. The summed E-state index contributed by atoms with van der Waals surface area (Å²) in [6.07, 6.45) is 0.115. The molecule has 0 saturated heterocycles. The summed E-state index contributed by atoms with van der Waals surface area (Å²) in [6.45, 7) is 3.86. The van der Waals surface area contributed by atoms with Gasteiger partial charge in [0.2, 0.25) is 0 Å². The molecule has 0 unspecified atom stereocenters. The van der Waals surface area contributed by atoms with Gasteiger partial charge in [0.1, 0.15) is 0 Å². The Kier molecular flexibility index (Phi) is 7.01. The summed E-state index contributed by atoms with van der Waals surface area (Å²) < 4.78 is 10.4. The van der Waals surface area contributed by atoms with E-state index >= 15 is 0 Å². The molecule has 8 nitrogen and oxygen atoms in total. The summed E-state index contributed by atoms with van der Waals surface area (Å²) in [5, 5.41) is 13.1. The van der Waals surface area contributed by atoms with E-state index in [0.29, 0.717) is 17.9 Å². The fourth-order valence-electron chi connectivity index (χ4n) is 2.08. The standard InChI is InChI=1S/C19H20N2O6/c1-13(2)26-11-14-3-5-15(6-4-14)19(23)27-12-18(22)20-16-7-9-17(10-8-16)21(24)25/h3-10,13H,11-12H2,1-2H3,(H,20,22). The lowest BCUT2D eigenvalue weighted by Crippen LogP contribution is -2.20. The molecule has 0 atom stereocenters. The van der Waals surface area contributed by atoms with Crippen molar-refractivity contribution in [3.8, 4) is 0 Å². The lowest BCUT2D eigenvalue weighted by Gasteiger charge is -2.09. The van der Waals surface area contributed by atoms with E-state index in [0.717, 1.165) is 5.56 Å². The van der Waals surface area contributed by atoms with Crippen LogP contribution in [0.25, 0.3) is 0 Å². The number of non-ortho nitro benzene ring substituents is 1. The van der Waals surface area contributed by atoms with Gasteiger partial charge in [-0.2, -0.15) is 0 Å². The van der Waals surface area contributed by atoms with Crippen LogP contribution in [0.15, 0.2) is 48.5 Å². The molecule has 0 spiro atoms. The number of hydrogen-bond acceptors (Lipinski definition) is 6. The first kappa shape index (κ1) is 20.1. The number of amides is 1. The molecule has 0 bridgehead atoms. The van der Waals surface area contributed by atoms with Gasteiger partial charge in [-0.15, -0.1) is 0 Å². The Hall–Kier alpha value is -3.26. The molecule has 1 N–H and O–H groups in total. The van der Waals surface area contributed by atoms with Gasteiger partial charge in [-0.3, -0.25) is 14.9 Å². The zero-order valence-corrected chi connectivity index (χ0v) is 15.0. The predicted molar refractivity (Wildman–Crippen MR) is 98.4 cm³/mol. The van der Waals surface area contributed by atoms with Gasteiger partial charge in [-0.05, 0) is 43.7 Å². The second-order valence-electron chi connectivity index (χ2n) is 5.98. The Labute approximate surface area is 156 Å². The number of carbonyl (C=O) groups is 2. The first-order chi connectivity index (χ1) is 12.8. The molecular weight excluding hydrogens is 352 g/mol. The van der Waals surface area contributed by atoms with Crippen LogP contribution in [0.3, 0.4) is 0 Å². The number of nitro benzene ring substituents is 1. The Bertz CT molecular complexity index is 800. The Morgan fingerprint density at radius 1 is 1.07 bits per heavy atom. The van der Waals surface area contributed by atoms with Crippen LogP contribution in [-0.4, -0.2) is 29.5 Å². The normalized spacial score (nSPS) is 10.5. The first-order valence-electron chi connectivity index (χ1n) is 8.27. The van der Waals surface area contributed by atoms with Crippen LogP contribution in [0, 0.1) is 10.1 Å². The molecule has 0 fully saturated rings. The van der Waals surface area contributed by atoms with Gasteiger partial charge in [-0.1, -0.05) is 12.1 Å². The molecule has 1 amide bonds. The van der Waals surface area contributed by atoms with Crippen molar-refractivity contribution in [2.24, 2.45) is 0 Å². The minimum atomic E-state index is -0.620. The molecule has 0 radical (unpaired) electrons. The number of anilines is 1. The van der Waals surface area contributed by atoms with E-state index in [2.05, 4.69) is 5.32 Å². The zero-order valence-electron chi connectivity index (χ0n) is 15.0. The third-order valence-corrected chi connectivity index (χ3v) is 3.47. The number of benzene rings is 2. The highest BCUT2D eigenvalue weighted by Crippen LogP contribution is 2.15. The lowest BCUT2D eigenvalue weighted by molar-refractivity contribution is -0.384. The van der Waals surface area contributed by atoms with E-state index in [-0.39, 0.29) is 11.8 Å². The van der Waals surface area contributed by atoms with Gasteiger partial charge >= 0.3 is 5.97 Å². The molecule has 2 aromatic carbocycles. The van der Waals surface area contributed by atoms with Gasteiger partial charge in [0.25, 0.3) is 11.6 Å². The van der Waals surface area contributed by atoms with Crippen molar-refractivity contribution in [2.45, 2.75) is 26.6 Å². The number of esters is 1. The number of rotatable bonds is 8. The Morgan fingerprint density at radius 2 is 1.70 bits per heavy atom. The van der Waals surface area contributed by atoms with E-state index < -0.39 is 23.4 Å². The van der Waals surface area contributed by atoms with Crippen LogP contribution in [0.1, 0.15) is 29.8 Å². The molecule has 0 aromatic heterocycles. The molecule has 2 aromatic rings. The summed E-state index contributed by atoms with van der Waals surface area (Å²) in [5.74, 6) is -1.16. The molecule has 27 heavy (non-hydrogen) atoms. The monoisotopic (exact) mass is 372 g/mol. The van der Waals surface area contributed by atoms with E-state index in [1.165, 1.54) is 24.3 Å². The number of carbonyl (C=O) groups excluding carboxylic acids is 2. The van der Waals surface area contributed by atoms with Gasteiger partial charge < -0.3 is 14.8 Å². The molecule has 142 valence electrons. The molecule has 0 aliphatic carbocycles.